The minimum absolute atomic E-state index is 0.588. The number of hydrogen-bond acceptors (Lipinski definition) is 2. The number of rotatable bonds is 0. The molecular weight excluding hydrogens is 120 g/mol. The fraction of sp³-hybridized carbons (Fsp3) is 0.500. The van der Waals surface area contributed by atoms with Gasteiger partial charge in [0.25, 0.3) is 5.97 Å². The largest absolute Gasteiger partial charge is 0.481 e. The second-order valence-electron chi connectivity index (χ2n) is 1.36. The molecule has 0 bridgehead atoms. The number of aliphatic hydroxyl groups excluding tert-OH is 1. The average molecular weight is 130 g/mol. The molecule has 0 saturated heterocycles. The molecule has 0 aliphatic rings. The molecule has 3 heteroatoms. The van der Waals surface area contributed by atoms with E-state index < -0.39 is 12.1 Å². The molecule has 0 rings (SSSR count). The Labute approximate surface area is 54.3 Å². The second-order valence-corrected chi connectivity index (χ2v) is 1.36. The number of carboxylic acid groups (broad SMARTS) is 1. The van der Waals surface area contributed by atoms with E-state index in [9.17, 15) is 0 Å². The topological polar surface area (TPSA) is 57.5 Å². The number of terminal acetylenes is 1. The van der Waals surface area contributed by atoms with Gasteiger partial charge < -0.3 is 10.2 Å². The molecule has 9 heavy (non-hydrogen) atoms. The standard InChI is InChI=1S/C4H6O.C2H4O2/c1-3-4(2)5;1-2(3)4/h1,4-5H,2H3;1H3,(H,3,4). The first-order valence-electron chi connectivity index (χ1n) is 2.34. The van der Waals surface area contributed by atoms with Gasteiger partial charge in [0.05, 0.1) is 0 Å². The van der Waals surface area contributed by atoms with Crippen LogP contribution in [-0.2, 0) is 4.79 Å². The Morgan fingerprint density at radius 3 is 1.89 bits per heavy atom. The molecule has 0 aliphatic heterocycles. The van der Waals surface area contributed by atoms with Crippen molar-refractivity contribution >= 4 is 5.97 Å². The van der Waals surface area contributed by atoms with Crippen molar-refractivity contribution in [2.45, 2.75) is 20.0 Å². The molecule has 0 aliphatic carbocycles. The zero-order valence-corrected chi connectivity index (χ0v) is 5.46. The Bertz CT molecular complexity index is 106. The van der Waals surface area contributed by atoms with E-state index in [1.54, 1.807) is 6.92 Å². The van der Waals surface area contributed by atoms with Crippen LogP contribution in [0.15, 0.2) is 0 Å². The van der Waals surface area contributed by atoms with Gasteiger partial charge in [-0.25, -0.2) is 0 Å². The van der Waals surface area contributed by atoms with Crippen LogP contribution in [0.1, 0.15) is 13.8 Å². The highest BCUT2D eigenvalue weighted by molar-refractivity contribution is 5.62. The molecule has 2 N–H and O–H groups in total. The summed E-state index contributed by atoms with van der Waals surface area (Å²) in [7, 11) is 0. The van der Waals surface area contributed by atoms with Crippen molar-refractivity contribution in [1.29, 1.82) is 0 Å². The van der Waals surface area contributed by atoms with Crippen LogP contribution in [0.4, 0.5) is 0 Å². The minimum atomic E-state index is -0.833. The van der Waals surface area contributed by atoms with Gasteiger partial charge in [-0.05, 0) is 6.92 Å². The van der Waals surface area contributed by atoms with E-state index in [1.165, 1.54) is 0 Å². The molecule has 0 aromatic rings. The van der Waals surface area contributed by atoms with Crippen LogP contribution in [-0.4, -0.2) is 22.3 Å². The lowest BCUT2D eigenvalue weighted by atomic mass is 10.4. The zero-order valence-electron chi connectivity index (χ0n) is 5.46. The number of carbonyl (C=O) groups is 1. The lowest BCUT2D eigenvalue weighted by Crippen LogP contribution is -1.90. The van der Waals surface area contributed by atoms with Crippen molar-refractivity contribution in [3.63, 3.8) is 0 Å². The van der Waals surface area contributed by atoms with E-state index in [-0.39, 0.29) is 0 Å². The van der Waals surface area contributed by atoms with Crippen LogP contribution in [0.5, 0.6) is 0 Å². The van der Waals surface area contributed by atoms with Gasteiger partial charge in [0, 0.05) is 6.92 Å². The van der Waals surface area contributed by atoms with Crippen molar-refractivity contribution in [2.24, 2.45) is 0 Å². The maximum absolute atomic E-state index is 9.00. The first-order chi connectivity index (χ1) is 4.00. The monoisotopic (exact) mass is 130 g/mol. The van der Waals surface area contributed by atoms with E-state index in [2.05, 4.69) is 12.3 Å². The summed E-state index contributed by atoms with van der Waals surface area (Å²) in [6, 6.07) is 0. The third-order valence-electron chi connectivity index (χ3n) is 0.241. The molecule has 0 aromatic carbocycles. The normalized spacial score (nSPS) is 10.0. The van der Waals surface area contributed by atoms with Crippen LogP contribution in [0.2, 0.25) is 0 Å². The van der Waals surface area contributed by atoms with Gasteiger partial charge in [0.1, 0.15) is 6.10 Å². The molecule has 0 saturated carbocycles. The summed E-state index contributed by atoms with van der Waals surface area (Å²) in [5.74, 6) is 1.25. The summed E-state index contributed by atoms with van der Waals surface area (Å²) in [5, 5.41) is 15.5. The highest BCUT2D eigenvalue weighted by Gasteiger charge is 1.75. The first kappa shape index (κ1) is 10.9. The molecule has 0 radical (unpaired) electrons. The number of aliphatic carboxylic acids is 1. The molecule has 0 spiro atoms. The van der Waals surface area contributed by atoms with Crippen molar-refractivity contribution in [1.82, 2.24) is 0 Å². The third kappa shape index (κ3) is 178. The fourth-order valence-corrected chi connectivity index (χ4v) is 0. The maximum atomic E-state index is 9.00. The summed E-state index contributed by atoms with van der Waals surface area (Å²) < 4.78 is 0. The summed E-state index contributed by atoms with van der Waals surface area (Å²) in [6.07, 6.45) is 4.08. The summed E-state index contributed by atoms with van der Waals surface area (Å²) in [4.78, 5) is 9.00. The Kier molecular flexibility index (Phi) is 8.45. The molecule has 0 amide bonds. The van der Waals surface area contributed by atoms with Gasteiger partial charge in [0.15, 0.2) is 0 Å². The summed E-state index contributed by atoms with van der Waals surface area (Å²) in [6.45, 7) is 2.62. The number of hydrogen-bond donors (Lipinski definition) is 2. The number of carboxylic acids is 1. The van der Waals surface area contributed by atoms with Gasteiger partial charge in [-0.2, -0.15) is 0 Å². The second kappa shape index (κ2) is 6.99. The average Bonchev–Trinajstić information content (AvgIpc) is 1.65. The van der Waals surface area contributed by atoms with Crippen LogP contribution in [0.25, 0.3) is 0 Å². The van der Waals surface area contributed by atoms with Crippen LogP contribution in [0, 0.1) is 12.3 Å². The van der Waals surface area contributed by atoms with Crippen LogP contribution < -0.4 is 0 Å². The quantitative estimate of drug-likeness (QED) is 0.457. The molecule has 3 nitrogen and oxygen atoms in total. The van der Waals surface area contributed by atoms with Gasteiger partial charge in [-0.1, -0.05) is 5.92 Å². The molecule has 0 fully saturated rings. The van der Waals surface area contributed by atoms with Gasteiger partial charge in [0.2, 0.25) is 0 Å². The molecular formula is C6H10O3. The number of aliphatic hydroxyl groups is 1. The Morgan fingerprint density at radius 1 is 1.78 bits per heavy atom. The first-order valence-corrected chi connectivity index (χ1v) is 2.34. The minimum Gasteiger partial charge on any atom is -0.481 e. The molecule has 1 unspecified atom stereocenters. The molecule has 0 aromatic heterocycles. The summed E-state index contributed by atoms with van der Waals surface area (Å²) >= 11 is 0. The van der Waals surface area contributed by atoms with E-state index >= 15 is 0 Å². The van der Waals surface area contributed by atoms with E-state index in [4.69, 9.17) is 15.0 Å². The van der Waals surface area contributed by atoms with Gasteiger partial charge in [-0.15, -0.1) is 6.42 Å². The SMILES string of the molecule is C#CC(C)O.CC(=O)O. The van der Waals surface area contributed by atoms with Crippen LogP contribution in [0.3, 0.4) is 0 Å². The van der Waals surface area contributed by atoms with E-state index in [0.717, 1.165) is 6.92 Å². The van der Waals surface area contributed by atoms with Crippen molar-refractivity contribution in [3.05, 3.63) is 0 Å². The lowest BCUT2D eigenvalue weighted by Gasteiger charge is -1.80. The highest BCUT2D eigenvalue weighted by Crippen LogP contribution is 1.66. The van der Waals surface area contributed by atoms with Crippen LogP contribution >= 0.6 is 0 Å². The molecule has 1 atom stereocenters. The predicted octanol–water partition coefficient (Wildman–Crippen LogP) is 0.0913. The van der Waals surface area contributed by atoms with Crippen molar-refractivity contribution < 1.29 is 15.0 Å². The van der Waals surface area contributed by atoms with E-state index in [0.29, 0.717) is 0 Å². The van der Waals surface area contributed by atoms with Gasteiger partial charge >= 0.3 is 0 Å². The van der Waals surface area contributed by atoms with Crippen molar-refractivity contribution in [3.8, 4) is 12.3 Å². The Hall–Kier alpha value is -1.01. The predicted molar refractivity (Wildman–Crippen MR) is 33.8 cm³/mol. The molecule has 0 heterocycles. The zero-order chi connectivity index (χ0) is 7.86. The Morgan fingerprint density at radius 2 is 1.89 bits per heavy atom. The van der Waals surface area contributed by atoms with Crippen molar-refractivity contribution in [2.75, 3.05) is 0 Å². The fourth-order valence-electron chi connectivity index (χ4n) is 0. The summed E-state index contributed by atoms with van der Waals surface area (Å²) in [5.41, 5.74) is 0. The smallest absolute Gasteiger partial charge is 0.300 e. The maximum Gasteiger partial charge on any atom is 0.300 e. The van der Waals surface area contributed by atoms with E-state index in [1.807, 2.05) is 0 Å². The van der Waals surface area contributed by atoms with Gasteiger partial charge in [-0.3, -0.25) is 4.79 Å². The third-order valence-corrected chi connectivity index (χ3v) is 0.241. The lowest BCUT2D eigenvalue weighted by molar-refractivity contribution is -0.134. The highest BCUT2D eigenvalue weighted by atomic mass is 16.4. The molecule has 52 valence electrons. The Balaban J connectivity index is 0.